The summed E-state index contributed by atoms with van der Waals surface area (Å²) >= 11 is 0. The Morgan fingerprint density at radius 2 is 1.92 bits per heavy atom. The van der Waals surface area contributed by atoms with Gasteiger partial charge in [0, 0.05) is 24.9 Å². The van der Waals surface area contributed by atoms with E-state index in [9.17, 15) is 4.79 Å². The van der Waals surface area contributed by atoms with Gasteiger partial charge in [0.1, 0.15) is 11.6 Å². The summed E-state index contributed by atoms with van der Waals surface area (Å²) in [5.74, 6) is 2.15. The molecular weight excluding hydrogens is 326 g/mol. The third-order valence-electron chi connectivity index (χ3n) is 5.24. The number of nitrogens with zero attached hydrogens (tertiary/aromatic N) is 3. The normalized spacial score (nSPS) is 16.4. The van der Waals surface area contributed by atoms with Gasteiger partial charge < -0.3 is 14.9 Å². The van der Waals surface area contributed by atoms with Crippen molar-refractivity contribution in [3.05, 3.63) is 57.5 Å². The molecule has 1 fully saturated rings. The zero-order valence-corrected chi connectivity index (χ0v) is 15.4. The van der Waals surface area contributed by atoms with Crippen LogP contribution >= 0.6 is 0 Å². The molecule has 6 nitrogen and oxygen atoms in total. The number of aryl methyl sites for hydroxylation is 2. The topological polar surface area (TPSA) is 77.7 Å². The smallest absolute Gasteiger partial charge is 0.251 e. The summed E-state index contributed by atoms with van der Waals surface area (Å²) in [6.45, 7) is 7.03. The van der Waals surface area contributed by atoms with Crippen LogP contribution in [-0.2, 0) is 6.42 Å². The van der Waals surface area contributed by atoms with Gasteiger partial charge in [0.2, 0.25) is 0 Å². The maximum atomic E-state index is 11.7. The summed E-state index contributed by atoms with van der Waals surface area (Å²) in [7, 11) is 0. The molecule has 3 aromatic rings. The first kappa shape index (κ1) is 17.0. The van der Waals surface area contributed by atoms with Crippen molar-refractivity contribution in [2.24, 2.45) is 0 Å². The fourth-order valence-corrected chi connectivity index (χ4v) is 3.82. The zero-order valence-electron chi connectivity index (χ0n) is 15.4. The van der Waals surface area contributed by atoms with Gasteiger partial charge in [-0.1, -0.05) is 6.07 Å². The monoisotopic (exact) mass is 351 g/mol. The molecule has 1 aliphatic rings. The summed E-state index contributed by atoms with van der Waals surface area (Å²) in [6.07, 6.45) is 3.03. The van der Waals surface area contributed by atoms with Crippen LogP contribution in [0.2, 0.25) is 0 Å². The fourth-order valence-electron chi connectivity index (χ4n) is 3.82. The average Bonchev–Trinajstić information content (AvgIpc) is 3.01. The van der Waals surface area contributed by atoms with E-state index in [4.69, 9.17) is 0 Å². The van der Waals surface area contributed by atoms with Crippen molar-refractivity contribution in [1.82, 2.24) is 24.8 Å². The average molecular weight is 351 g/mol. The Kier molecular flexibility index (Phi) is 4.59. The summed E-state index contributed by atoms with van der Waals surface area (Å²) < 4.78 is 0. The number of H-pyrrole nitrogens is 2. The van der Waals surface area contributed by atoms with Gasteiger partial charge in [0.25, 0.3) is 5.56 Å². The maximum Gasteiger partial charge on any atom is 0.251 e. The lowest BCUT2D eigenvalue weighted by atomic mass is 9.93. The van der Waals surface area contributed by atoms with Crippen LogP contribution in [0.5, 0.6) is 0 Å². The molecule has 2 N–H and O–H groups in total. The minimum absolute atomic E-state index is 0.0462. The van der Waals surface area contributed by atoms with Crippen LogP contribution in [0.3, 0.4) is 0 Å². The van der Waals surface area contributed by atoms with Gasteiger partial charge in [0.15, 0.2) is 0 Å². The fraction of sp³-hybridized carbons (Fsp3) is 0.450. The first-order chi connectivity index (χ1) is 12.6. The first-order valence-corrected chi connectivity index (χ1v) is 9.32. The van der Waals surface area contributed by atoms with E-state index < -0.39 is 0 Å². The molecular formula is C20H25N5O. The Labute approximate surface area is 152 Å². The van der Waals surface area contributed by atoms with E-state index in [1.165, 1.54) is 5.56 Å². The van der Waals surface area contributed by atoms with Crippen LogP contribution in [0.4, 0.5) is 0 Å². The predicted octanol–water partition coefficient (Wildman–Crippen LogP) is 2.69. The van der Waals surface area contributed by atoms with Crippen molar-refractivity contribution < 1.29 is 0 Å². The second kappa shape index (κ2) is 7.03. The molecule has 0 saturated carbocycles. The summed E-state index contributed by atoms with van der Waals surface area (Å²) in [6, 6.07) is 7.98. The standard InChI is InChI=1S/C20H25N5O/c1-13-3-4-16-18(11-13)24-19(23-16)7-10-25-8-5-15(6-9-25)17-12-20(26)22-14(2)21-17/h3-4,11-12,15H,5-10H2,1-2H3,(H,23,24)(H,21,22,26). The van der Waals surface area contributed by atoms with Crippen LogP contribution in [0.15, 0.2) is 29.1 Å². The van der Waals surface area contributed by atoms with Gasteiger partial charge in [-0.2, -0.15) is 0 Å². The highest BCUT2D eigenvalue weighted by molar-refractivity contribution is 5.75. The maximum absolute atomic E-state index is 11.7. The molecule has 1 aromatic carbocycles. The molecule has 0 unspecified atom stereocenters. The Morgan fingerprint density at radius 3 is 2.69 bits per heavy atom. The molecule has 0 amide bonds. The molecule has 0 aliphatic carbocycles. The Balaban J connectivity index is 1.34. The molecule has 0 bridgehead atoms. The number of imidazole rings is 1. The minimum Gasteiger partial charge on any atom is -0.342 e. The summed E-state index contributed by atoms with van der Waals surface area (Å²) in [4.78, 5) is 29.5. The number of fused-ring (bicyclic) bond motifs is 1. The van der Waals surface area contributed by atoms with Crippen molar-refractivity contribution in [2.75, 3.05) is 19.6 Å². The van der Waals surface area contributed by atoms with E-state index in [0.717, 1.165) is 61.4 Å². The molecule has 1 saturated heterocycles. The molecule has 2 aromatic heterocycles. The van der Waals surface area contributed by atoms with Gasteiger partial charge in [-0.25, -0.2) is 9.97 Å². The Hall–Kier alpha value is -2.47. The zero-order chi connectivity index (χ0) is 18.1. The van der Waals surface area contributed by atoms with Crippen LogP contribution < -0.4 is 5.56 Å². The molecule has 0 atom stereocenters. The highest BCUT2D eigenvalue weighted by Crippen LogP contribution is 2.26. The molecule has 6 heteroatoms. The van der Waals surface area contributed by atoms with E-state index in [1.807, 2.05) is 6.92 Å². The molecule has 4 rings (SSSR count). The summed E-state index contributed by atoms with van der Waals surface area (Å²) in [5, 5.41) is 0. The van der Waals surface area contributed by atoms with E-state index >= 15 is 0 Å². The van der Waals surface area contributed by atoms with Crippen LogP contribution in [0.25, 0.3) is 11.0 Å². The van der Waals surface area contributed by atoms with Crippen molar-refractivity contribution in [1.29, 1.82) is 0 Å². The highest BCUT2D eigenvalue weighted by atomic mass is 16.1. The third-order valence-corrected chi connectivity index (χ3v) is 5.24. The number of hydrogen-bond donors (Lipinski definition) is 2. The van der Waals surface area contributed by atoms with E-state index in [1.54, 1.807) is 6.07 Å². The van der Waals surface area contributed by atoms with Gasteiger partial charge in [-0.3, -0.25) is 4.79 Å². The highest BCUT2D eigenvalue weighted by Gasteiger charge is 2.22. The second-order valence-corrected chi connectivity index (χ2v) is 7.33. The Morgan fingerprint density at radius 1 is 1.12 bits per heavy atom. The minimum atomic E-state index is -0.0462. The quantitative estimate of drug-likeness (QED) is 0.758. The molecule has 26 heavy (non-hydrogen) atoms. The number of rotatable bonds is 4. The van der Waals surface area contributed by atoms with E-state index in [-0.39, 0.29) is 5.56 Å². The Bertz CT molecular complexity index is 966. The first-order valence-electron chi connectivity index (χ1n) is 9.32. The van der Waals surface area contributed by atoms with Crippen molar-refractivity contribution >= 4 is 11.0 Å². The number of piperidine rings is 1. The van der Waals surface area contributed by atoms with Crippen LogP contribution in [-0.4, -0.2) is 44.5 Å². The van der Waals surface area contributed by atoms with Gasteiger partial charge in [0.05, 0.1) is 16.7 Å². The van der Waals surface area contributed by atoms with Gasteiger partial charge in [-0.15, -0.1) is 0 Å². The number of nitrogens with one attached hydrogen (secondary N) is 2. The van der Waals surface area contributed by atoms with Crippen molar-refractivity contribution in [3.63, 3.8) is 0 Å². The van der Waals surface area contributed by atoms with E-state index in [2.05, 4.69) is 50.0 Å². The van der Waals surface area contributed by atoms with Crippen molar-refractivity contribution in [3.8, 4) is 0 Å². The molecule has 1 aliphatic heterocycles. The molecule has 3 heterocycles. The van der Waals surface area contributed by atoms with Gasteiger partial charge in [-0.05, 0) is 57.5 Å². The molecule has 0 radical (unpaired) electrons. The lowest BCUT2D eigenvalue weighted by Gasteiger charge is -2.31. The lowest BCUT2D eigenvalue weighted by molar-refractivity contribution is 0.212. The third kappa shape index (κ3) is 3.70. The molecule has 136 valence electrons. The SMILES string of the molecule is Cc1ccc2nc(CCN3CCC(c4cc(=O)[nH]c(C)n4)CC3)[nH]c2c1. The number of aromatic nitrogens is 4. The molecule has 0 spiro atoms. The van der Waals surface area contributed by atoms with Gasteiger partial charge >= 0.3 is 0 Å². The lowest BCUT2D eigenvalue weighted by Crippen LogP contribution is -2.35. The summed E-state index contributed by atoms with van der Waals surface area (Å²) in [5.41, 5.74) is 4.31. The van der Waals surface area contributed by atoms with Crippen molar-refractivity contribution in [2.45, 2.75) is 39.0 Å². The van der Waals surface area contributed by atoms with Crippen LogP contribution in [0.1, 0.15) is 41.7 Å². The van der Waals surface area contributed by atoms with Crippen LogP contribution in [0, 0.1) is 13.8 Å². The number of aromatic amines is 2. The largest absolute Gasteiger partial charge is 0.342 e. The second-order valence-electron chi connectivity index (χ2n) is 7.33. The number of benzene rings is 1. The number of hydrogen-bond acceptors (Lipinski definition) is 4. The predicted molar refractivity (Wildman–Crippen MR) is 103 cm³/mol. The van der Waals surface area contributed by atoms with E-state index in [0.29, 0.717) is 11.7 Å². The number of likely N-dealkylation sites (tertiary alicyclic amines) is 1.